The molecule has 112 valence electrons. The van der Waals surface area contributed by atoms with Crippen LogP contribution in [-0.2, 0) is 10.0 Å². The van der Waals surface area contributed by atoms with Crippen molar-refractivity contribution >= 4 is 64.9 Å². The van der Waals surface area contributed by atoms with Gasteiger partial charge in [-0.3, -0.25) is 4.72 Å². The van der Waals surface area contributed by atoms with Crippen LogP contribution < -0.4 is 10.5 Å². The van der Waals surface area contributed by atoms with E-state index in [1.807, 2.05) is 0 Å². The molecule has 0 fully saturated rings. The molecule has 0 saturated heterocycles. The SMILES string of the molecule is Cc1c(N)cc(Br)cc1S(=O)(=O)Nc1cc(Br)cnc1Cl. The topological polar surface area (TPSA) is 85.1 Å². The molecule has 5 nitrogen and oxygen atoms in total. The monoisotopic (exact) mass is 453 g/mol. The molecule has 21 heavy (non-hydrogen) atoms. The molecule has 0 spiro atoms. The predicted octanol–water partition coefficient (Wildman–Crippen LogP) is 3.95. The summed E-state index contributed by atoms with van der Waals surface area (Å²) in [6, 6.07) is 4.65. The lowest BCUT2D eigenvalue weighted by molar-refractivity contribution is 0.600. The van der Waals surface area contributed by atoms with Gasteiger partial charge < -0.3 is 5.73 Å². The van der Waals surface area contributed by atoms with E-state index in [-0.39, 0.29) is 15.7 Å². The van der Waals surface area contributed by atoms with Gasteiger partial charge in [0.05, 0.1) is 10.6 Å². The minimum Gasteiger partial charge on any atom is -0.398 e. The first-order chi connectivity index (χ1) is 9.70. The van der Waals surface area contributed by atoms with E-state index in [2.05, 4.69) is 41.6 Å². The molecule has 0 aliphatic heterocycles. The van der Waals surface area contributed by atoms with Crippen molar-refractivity contribution in [3.8, 4) is 0 Å². The van der Waals surface area contributed by atoms with E-state index in [9.17, 15) is 8.42 Å². The number of anilines is 2. The van der Waals surface area contributed by atoms with Crippen LogP contribution in [0, 0.1) is 6.92 Å². The van der Waals surface area contributed by atoms with E-state index in [1.165, 1.54) is 18.3 Å². The average molecular weight is 456 g/mol. The maximum atomic E-state index is 12.5. The van der Waals surface area contributed by atoms with Gasteiger partial charge in [0.2, 0.25) is 0 Å². The van der Waals surface area contributed by atoms with Crippen LogP contribution in [0.3, 0.4) is 0 Å². The Kier molecular flexibility index (Phi) is 4.82. The average Bonchev–Trinajstić information content (AvgIpc) is 2.37. The van der Waals surface area contributed by atoms with E-state index in [1.54, 1.807) is 13.0 Å². The van der Waals surface area contributed by atoms with Crippen LogP contribution in [0.2, 0.25) is 5.15 Å². The number of benzene rings is 1. The minimum absolute atomic E-state index is 0.0578. The number of pyridine rings is 1. The molecular weight excluding hydrogens is 445 g/mol. The van der Waals surface area contributed by atoms with Crippen LogP contribution in [0.15, 0.2) is 38.2 Å². The van der Waals surface area contributed by atoms with Crippen LogP contribution >= 0.6 is 43.5 Å². The van der Waals surface area contributed by atoms with Gasteiger partial charge in [-0.25, -0.2) is 13.4 Å². The molecule has 1 heterocycles. The molecule has 0 radical (unpaired) electrons. The Labute approximate surface area is 144 Å². The van der Waals surface area contributed by atoms with E-state index in [0.29, 0.717) is 20.2 Å². The highest BCUT2D eigenvalue weighted by Gasteiger charge is 2.20. The Morgan fingerprint density at radius 2 is 1.90 bits per heavy atom. The van der Waals surface area contributed by atoms with Crippen LogP contribution in [0.4, 0.5) is 11.4 Å². The highest BCUT2D eigenvalue weighted by atomic mass is 79.9. The lowest BCUT2D eigenvalue weighted by atomic mass is 10.2. The second-order valence-corrected chi connectivity index (χ2v) is 8.06. The van der Waals surface area contributed by atoms with E-state index >= 15 is 0 Å². The fourth-order valence-corrected chi connectivity index (χ4v) is 4.17. The van der Waals surface area contributed by atoms with Gasteiger partial charge in [-0.2, -0.15) is 0 Å². The highest BCUT2D eigenvalue weighted by Crippen LogP contribution is 2.30. The quantitative estimate of drug-likeness (QED) is 0.542. The molecule has 2 rings (SSSR count). The van der Waals surface area contributed by atoms with E-state index in [4.69, 9.17) is 17.3 Å². The van der Waals surface area contributed by atoms with E-state index < -0.39 is 10.0 Å². The van der Waals surface area contributed by atoms with Crippen molar-refractivity contribution in [2.45, 2.75) is 11.8 Å². The van der Waals surface area contributed by atoms with Gasteiger partial charge in [0.1, 0.15) is 0 Å². The number of nitrogens with two attached hydrogens (primary N) is 1. The largest absolute Gasteiger partial charge is 0.398 e. The zero-order chi connectivity index (χ0) is 15.8. The van der Waals surface area contributed by atoms with Crippen LogP contribution in [0.5, 0.6) is 0 Å². The Morgan fingerprint density at radius 3 is 2.57 bits per heavy atom. The van der Waals surface area contributed by atoms with Gasteiger partial charge in [-0.15, -0.1) is 0 Å². The number of hydrogen-bond donors (Lipinski definition) is 2. The molecule has 9 heteroatoms. The Morgan fingerprint density at radius 1 is 1.24 bits per heavy atom. The third-order valence-electron chi connectivity index (χ3n) is 2.70. The second-order valence-electron chi connectivity index (χ2n) is 4.22. The zero-order valence-electron chi connectivity index (χ0n) is 10.7. The first-order valence-corrected chi connectivity index (χ1v) is 9.05. The second kappa shape index (κ2) is 6.12. The summed E-state index contributed by atoms with van der Waals surface area (Å²) in [6.07, 6.45) is 1.47. The summed E-state index contributed by atoms with van der Waals surface area (Å²) in [5.74, 6) is 0. The molecule has 0 bridgehead atoms. The van der Waals surface area contributed by atoms with Crippen molar-refractivity contribution in [3.63, 3.8) is 0 Å². The van der Waals surface area contributed by atoms with Crippen LogP contribution in [0.25, 0.3) is 0 Å². The van der Waals surface area contributed by atoms with Gasteiger partial charge in [-0.05, 0) is 46.6 Å². The fraction of sp³-hybridized carbons (Fsp3) is 0.0833. The third kappa shape index (κ3) is 3.68. The number of hydrogen-bond acceptors (Lipinski definition) is 4. The number of nitrogens with one attached hydrogen (secondary N) is 1. The summed E-state index contributed by atoms with van der Waals surface area (Å²) in [5, 5.41) is 0.0578. The number of nitrogens with zero attached hydrogens (tertiary/aromatic N) is 1. The smallest absolute Gasteiger partial charge is 0.262 e. The van der Waals surface area contributed by atoms with Gasteiger partial charge in [0.25, 0.3) is 10.0 Å². The molecule has 0 atom stereocenters. The van der Waals surface area contributed by atoms with Crippen molar-refractivity contribution in [1.82, 2.24) is 4.98 Å². The van der Waals surface area contributed by atoms with Crippen molar-refractivity contribution in [2.75, 3.05) is 10.5 Å². The standard InChI is InChI=1S/C12H10Br2ClN3O2S/c1-6-9(16)2-7(13)4-11(6)21(19,20)18-10-3-8(14)5-17-12(10)15/h2-5,18H,16H2,1H3. The molecule has 1 aromatic heterocycles. The summed E-state index contributed by atoms with van der Waals surface area (Å²) in [7, 11) is -3.83. The van der Waals surface area contributed by atoms with E-state index in [0.717, 1.165) is 0 Å². The highest BCUT2D eigenvalue weighted by molar-refractivity contribution is 9.10. The maximum absolute atomic E-state index is 12.5. The molecule has 3 N–H and O–H groups in total. The summed E-state index contributed by atoms with van der Waals surface area (Å²) in [6.45, 7) is 1.64. The normalized spacial score (nSPS) is 11.4. The molecule has 0 saturated carbocycles. The number of rotatable bonds is 3. The zero-order valence-corrected chi connectivity index (χ0v) is 15.4. The molecule has 2 aromatic rings. The predicted molar refractivity (Wildman–Crippen MR) is 91.0 cm³/mol. The van der Waals surface area contributed by atoms with Crippen molar-refractivity contribution in [2.24, 2.45) is 0 Å². The first-order valence-electron chi connectivity index (χ1n) is 5.60. The third-order valence-corrected chi connectivity index (χ3v) is 5.39. The summed E-state index contributed by atoms with van der Waals surface area (Å²) >= 11 is 12.3. The van der Waals surface area contributed by atoms with Crippen molar-refractivity contribution in [3.05, 3.63) is 44.1 Å². The molecular formula is C12H10Br2ClN3O2S. The number of halogens is 3. The Bertz CT molecular complexity index is 812. The summed E-state index contributed by atoms with van der Waals surface area (Å²) < 4.78 is 28.6. The Hall–Kier alpha value is -0.830. The maximum Gasteiger partial charge on any atom is 0.262 e. The fourth-order valence-electron chi connectivity index (χ4n) is 1.65. The van der Waals surface area contributed by atoms with Crippen LogP contribution in [0.1, 0.15) is 5.56 Å². The first kappa shape index (κ1) is 16.5. The lowest BCUT2D eigenvalue weighted by Gasteiger charge is -2.13. The Balaban J connectivity index is 2.51. The molecule has 0 aliphatic carbocycles. The van der Waals surface area contributed by atoms with Crippen molar-refractivity contribution in [1.29, 1.82) is 0 Å². The lowest BCUT2D eigenvalue weighted by Crippen LogP contribution is -2.15. The molecule has 1 aromatic carbocycles. The van der Waals surface area contributed by atoms with Crippen LogP contribution in [-0.4, -0.2) is 13.4 Å². The number of nitrogen functional groups attached to an aromatic ring is 1. The van der Waals surface area contributed by atoms with Gasteiger partial charge >= 0.3 is 0 Å². The summed E-state index contributed by atoms with van der Waals surface area (Å²) in [5.41, 5.74) is 6.82. The van der Waals surface area contributed by atoms with Crippen molar-refractivity contribution < 1.29 is 8.42 Å². The van der Waals surface area contributed by atoms with Gasteiger partial charge in [0, 0.05) is 20.8 Å². The summed E-state index contributed by atoms with van der Waals surface area (Å²) in [4.78, 5) is 3.95. The number of aromatic nitrogens is 1. The van der Waals surface area contributed by atoms with Gasteiger partial charge in [0.15, 0.2) is 5.15 Å². The van der Waals surface area contributed by atoms with Gasteiger partial charge in [-0.1, -0.05) is 27.5 Å². The number of sulfonamides is 1. The molecule has 0 aliphatic rings. The minimum atomic E-state index is -3.83. The molecule has 0 unspecified atom stereocenters. The molecule has 0 amide bonds.